The number of benzene rings is 3. The fourth-order valence-electron chi connectivity index (χ4n) is 12.7. The third kappa shape index (κ3) is 17.5. The Morgan fingerprint density at radius 1 is 0.463 bits per heavy atom. The summed E-state index contributed by atoms with van der Waals surface area (Å²) in [6, 6.07) is 4.72. The van der Waals surface area contributed by atoms with Crippen molar-refractivity contribution in [2.75, 3.05) is 72.6 Å². The number of fused-ring (bicyclic) bond motifs is 3. The zero-order valence-electron chi connectivity index (χ0n) is 80.5. The van der Waals surface area contributed by atoms with Crippen LogP contribution >= 0.6 is 35.3 Å². The quantitative estimate of drug-likeness (QED) is 0.0168. The molecule has 582 valence electrons. The van der Waals surface area contributed by atoms with Crippen LogP contribution in [0.5, 0.6) is 0 Å². The molecule has 6 heterocycles. The van der Waals surface area contributed by atoms with Crippen LogP contribution in [-0.4, -0.2) is 250 Å². The summed E-state index contributed by atoms with van der Waals surface area (Å²) in [5, 5.41) is 125. The number of aliphatic hydroxyl groups is 9. The highest BCUT2D eigenvalue weighted by Gasteiger charge is 2.49. The number of aromatic nitrogens is 15. The lowest BCUT2D eigenvalue weighted by Gasteiger charge is -2.17. The predicted molar refractivity (Wildman–Crippen MR) is 398 cm³/mol. The summed E-state index contributed by atoms with van der Waals surface area (Å²) in [5.41, 5.74) is -5.00. The molecule has 6 aromatic heterocycles. The molecular formula is C72H93F3N18O12S3. The van der Waals surface area contributed by atoms with Crippen molar-refractivity contribution in [3.63, 3.8) is 0 Å². The van der Waals surface area contributed by atoms with Crippen molar-refractivity contribution in [3.05, 3.63) is 105 Å². The Morgan fingerprint density at radius 2 is 0.806 bits per heavy atom. The second kappa shape index (κ2) is 35.1. The number of ether oxygens (including phenoxy) is 3. The van der Waals surface area contributed by atoms with Gasteiger partial charge in [0.2, 0.25) is 0 Å². The fourth-order valence-corrected chi connectivity index (χ4v) is 14.2. The van der Waals surface area contributed by atoms with Crippen molar-refractivity contribution in [1.29, 1.82) is 0 Å². The summed E-state index contributed by atoms with van der Waals surface area (Å²) in [7, 11) is 0. The topological polar surface area (TPSA) is 415 Å². The molecule has 108 heavy (non-hydrogen) atoms. The van der Waals surface area contributed by atoms with E-state index < -0.39 is 182 Å². The van der Waals surface area contributed by atoms with E-state index in [4.69, 9.17) is 49.5 Å². The van der Waals surface area contributed by atoms with Crippen LogP contribution < -0.4 is 16.0 Å². The normalized spacial score (nSPS) is 35.8. The van der Waals surface area contributed by atoms with Crippen LogP contribution in [0, 0.1) is 38.2 Å². The summed E-state index contributed by atoms with van der Waals surface area (Å²) >= 11 is 1.44. The molecule has 6 aliphatic rings. The molecule has 0 saturated heterocycles. The van der Waals surface area contributed by atoms with E-state index in [0.717, 1.165) is 23.2 Å². The van der Waals surface area contributed by atoms with Gasteiger partial charge in [-0.25, -0.2) is 57.1 Å². The monoisotopic (exact) mass is 1580 g/mol. The highest BCUT2D eigenvalue weighted by Crippen LogP contribution is 2.48. The Labute approximate surface area is 664 Å². The molecule has 9 aromatic rings. The van der Waals surface area contributed by atoms with Gasteiger partial charge in [-0.15, -0.1) is 15.3 Å². The first-order valence-corrected chi connectivity index (χ1v) is 36.5. The SMILES string of the molecule is [2H]C([2H])(C)C([2H])([2H])Sc1nc(N[C@]2([2H])C[C@@]2([2H])c2ccc(C)c(F)c2)c2nnn([C@@H]3C[C@H](OCCO)[C@@H](O)[C@H]3O)c2n1.[2H]C([2H])(CC)Sc1nc(N[C@]2([2H])C[C@@]2([2H])c2ccc(C)c(F)c2)c2nnn([C@@H]3C[C@H](OC([2H])([2H])C([2H])([2H])O)[C@@H](O)[C@H]3O)c2n1.[2H]C([2H])(O)CO[C@H]1C[C@@H](n2nnc3c(N[C@]4([2H])C[C@@]4([2H])c4ccc(C)c(F)c4)nc(SC([2H])([2H])C([2H])([2H])C)nc32)[C@H](O)[C@@H]1O. The van der Waals surface area contributed by atoms with Gasteiger partial charge in [0, 0.05) is 89.9 Å². The van der Waals surface area contributed by atoms with Gasteiger partial charge in [0.05, 0.1) is 88.3 Å². The third-order valence-corrected chi connectivity index (χ3v) is 20.8. The van der Waals surface area contributed by atoms with Gasteiger partial charge in [0.15, 0.2) is 66.4 Å². The molecule has 18 atom stereocenters. The lowest BCUT2D eigenvalue weighted by Crippen LogP contribution is -2.33. The first-order valence-electron chi connectivity index (χ1n) is 45.0. The summed E-state index contributed by atoms with van der Waals surface area (Å²) in [6.07, 6.45) is -17.5. The number of hydrogen-bond acceptors (Lipinski definition) is 30. The summed E-state index contributed by atoms with van der Waals surface area (Å²) in [5.74, 6) is -6.55. The van der Waals surface area contributed by atoms with Crippen LogP contribution in [0.2, 0.25) is 0 Å². The van der Waals surface area contributed by atoms with Crippen LogP contribution in [0.3, 0.4) is 0 Å². The van der Waals surface area contributed by atoms with Gasteiger partial charge in [-0.3, -0.25) is 0 Å². The zero-order valence-corrected chi connectivity index (χ0v) is 61.0. The van der Waals surface area contributed by atoms with E-state index in [9.17, 15) is 54.0 Å². The number of nitrogens with zero attached hydrogens (tertiary/aromatic N) is 15. The van der Waals surface area contributed by atoms with Gasteiger partial charge in [0.1, 0.15) is 54.1 Å². The number of aliphatic hydroxyl groups excluding tert-OH is 7. The van der Waals surface area contributed by atoms with Gasteiger partial charge in [0.25, 0.3) is 0 Å². The maximum Gasteiger partial charge on any atom is 0.191 e. The lowest BCUT2D eigenvalue weighted by molar-refractivity contribution is -0.0629. The van der Waals surface area contributed by atoms with Crippen LogP contribution in [0.4, 0.5) is 30.6 Å². The average Bonchev–Trinajstić information content (AvgIpc) is 1.54. The molecule has 6 saturated carbocycles. The van der Waals surface area contributed by atoms with Crippen molar-refractivity contribution in [2.24, 2.45) is 0 Å². The standard InChI is InChI=1S/3C24H31FN6O4S/c3*1-3-8-36-24-27-22(26-16-10-14(16)13-5-4-12(2)15(25)9-13)19-23(28-24)31(30-29-19)17-11-18(35-7-6-32)21(34)20(17)33/h3*4-5,9,14,16-18,20-21,32-34H,3,6-8,10-11H2,1-2H3,(H,26,27,28)/t3*14-,16+,17+,18-,20-,21+/m000/s1/i6D2,7D2,8D2,14D,16D;3D2,6D2,8D2,14D,16D;3D2,8D2,14D,16D. The molecule has 30 nitrogen and oxygen atoms in total. The van der Waals surface area contributed by atoms with E-state index in [-0.39, 0.29) is 141 Å². The van der Waals surface area contributed by atoms with Crippen LogP contribution in [0.25, 0.3) is 33.5 Å². The van der Waals surface area contributed by atoms with E-state index in [1.165, 1.54) is 41.1 Å². The molecular weight excluding hydrogens is 1460 g/mol. The van der Waals surface area contributed by atoms with Gasteiger partial charge in [-0.05, 0) is 111 Å². The second-order valence-corrected chi connectivity index (χ2v) is 28.1. The minimum Gasteiger partial charge on any atom is -0.394 e. The molecule has 36 heteroatoms. The van der Waals surface area contributed by atoms with E-state index in [1.807, 2.05) is 0 Å². The van der Waals surface area contributed by atoms with Gasteiger partial charge >= 0.3 is 0 Å². The molecule has 0 amide bonds. The molecule has 12 N–H and O–H groups in total. The molecule has 15 rings (SSSR count). The van der Waals surface area contributed by atoms with Crippen LogP contribution in [-0.2, 0) is 14.2 Å². The molecule has 0 aliphatic heterocycles. The molecule has 0 unspecified atom stereocenters. The Bertz CT molecular complexity index is 5740. The highest BCUT2D eigenvalue weighted by molar-refractivity contribution is 7.99. The maximum atomic E-state index is 14.3. The Kier molecular flexibility index (Phi) is 17.9. The number of nitrogens with one attached hydrogen (secondary N) is 3. The minimum atomic E-state index is -3.42. The van der Waals surface area contributed by atoms with E-state index in [0.29, 0.717) is 52.0 Å². The number of rotatable bonds is 30. The Morgan fingerprint density at radius 3 is 1.12 bits per heavy atom. The molecule has 6 fully saturated rings. The number of hydrogen-bond donors (Lipinski definition) is 12. The number of halogens is 3. The second-order valence-electron chi connectivity index (χ2n) is 25.7. The fraction of sp³-hybridized carbons (Fsp3) is 0.583. The summed E-state index contributed by atoms with van der Waals surface area (Å²) in [6.45, 7) is -1.96. The van der Waals surface area contributed by atoms with E-state index in [2.05, 4.69) is 76.8 Å². The van der Waals surface area contributed by atoms with Gasteiger partial charge in [-0.2, -0.15) is 0 Å². The predicted octanol–water partition coefficient (Wildman–Crippen LogP) is 6.55. The zero-order chi connectivity index (χ0) is 96.1. The molecule has 6 aliphatic carbocycles. The first-order chi connectivity index (χ1) is 59.9. The first kappa shape index (κ1) is 55.3. The van der Waals surface area contributed by atoms with Crippen molar-refractivity contribution in [3.8, 4) is 0 Å². The lowest BCUT2D eigenvalue weighted by atomic mass is 10.1. The largest absolute Gasteiger partial charge is 0.394 e. The average molecular weight is 1580 g/mol. The van der Waals surface area contributed by atoms with Crippen molar-refractivity contribution in [2.45, 2.75) is 224 Å². The van der Waals surface area contributed by atoms with Crippen LogP contribution in [0.1, 0.15) is 178 Å². The maximum absolute atomic E-state index is 14.3. The Hall–Kier alpha value is -7.14. The minimum absolute atomic E-state index is 0.00253. The number of aryl methyl sites for hydroxylation is 3. The molecule has 3 aromatic carbocycles. The number of anilines is 3. The Balaban J connectivity index is 0.000000166. The van der Waals surface area contributed by atoms with E-state index in [1.54, 1.807) is 45.9 Å². The van der Waals surface area contributed by atoms with Crippen molar-refractivity contribution < 1.29 is 103 Å². The van der Waals surface area contributed by atoms with Gasteiger partial charge in [-0.1, -0.05) is 108 Å². The third-order valence-electron chi connectivity index (χ3n) is 18.6. The molecule has 0 bridgehead atoms. The smallest absolute Gasteiger partial charge is 0.191 e. The molecule has 0 spiro atoms. The number of thioether (sulfide) groups is 3. The van der Waals surface area contributed by atoms with E-state index >= 15 is 0 Å². The highest BCUT2D eigenvalue weighted by atomic mass is 32.2. The van der Waals surface area contributed by atoms with Gasteiger partial charge < -0.3 is 76.1 Å². The molecule has 0 radical (unpaired) electrons. The summed E-state index contributed by atoms with van der Waals surface area (Å²) in [4.78, 5) is 26.1. The van der Waals surface area contributed by atoms with Crippen molar-refractivity contribution in [1.82, 2.24) is 74.9 Å². The van der Waals surface area contributed by atoms with Crippen molar-refractivity contribution >= 4 is 86.2 Å². The summed E-state index contributed by atoms with van der Waals surface area (Å²) < 4.78 is 241. The van der Waals surface area contributed by atoms with Crippen LogP contribution in [0.15, 0.2) is 70.1 Å².